The summed E-state index contributed by atoms with van der Waals surface area (Å²) in [5.41, 5.74) is -0.370. The van der Waals surface area contributed by atoms with Gasteiger partial charge in [0.25, 0.3) is 6.43 Å². The second-order valence-corrected chi connectivity index (χ2v) is 3.35. The molecule has 0 saturated heterocycles. The first-order valence-corrected chi connectivity index (χ1v) is 4.12. The Bertz CT molecular complexity index is 301. The van der Waals surface area contributed by atoms with Gasteiger partial charge in [-0.1, -0.05) is 11.6 Å². The zero-order chi connectivity index (χ0) is 9.30. The maximum Gasteiger partial charge on any atom is 0.265 e. The Balaban J connectivity index is 3.23. The quantitative estimate of drug-likeness (QED) is 0.664. The second-order valence-electron chi connectivity index (χ2n) is 2.09. The number of rotatable bonds is 1. The van der Waals surface area contributed by atoms with E-state index in [4.69, 9.17) is 11.6 Å². The SMILES string of the molecule is Fc1cc(Cl)c(C(F)F)cc1Br. The Labute approximate surface area is 80.5 Å². The van der Waals surface area contributed by atoms with E-state index in [0.717, 1.165) is 12.1 Å². The highest BCUT2D eigenvalue weighted by Crippen LogP contribution is 2.31. The van der Waals surface area contributed by atoms with Gasteiger partial charge in [0.15, 0.2) is 0 Å². The molecule has 0 aliphatic rings. The third-order valence-corrected chi connectivity index (χ3v) is 2.21. The van der Waals surface area contributed by atoms with E-state index < -0.39 is 12.2 Å². The van der Waals surface area contributed by atoms with Crippen molar-refractivity contribution in [2.45, 2.75) is 6.43 Å². The van der Waals surface area contributed by atoms with Crippen LogP contribution in [0.5, 0.6) is 0 Å². The van der Waals surface area contributed by atoms with Crippen LogP contribution in [0.4, 0.5) is 13.2 Å². The third kappa shape index (κ3) is 1.93. The summed E-state index contributed by atoms with van der Waals surface area (Å²) in [6.07, 6.45) is -2.69. The Hall–Kier alpha value is -0.220. The Morgan fingerprint density at radius 1 is 1.33 bits per heavy atom. The van der Waals surface area contributed by atoms with Crippen LogP contribution in [0.2, 0.25) is 5.02 Å². The standard InChI is InChI=1S/C7H3BrClF3/c8-4-1-3(7(11)12)5(9)2-6(4)10/h1-2,7H. The van der Waals surface area contributed by atoms with Gasteiger partial charge in [-0.2, -0.15) is 0 Å². The van der Waals surface area contributed by atoms with Gasteiger partial charge < -0.3 is 0 Å². The van der Waals surface area contributed by atoms with E-state index in [-0.39, 0.29) is 15.1 Å². The van der Waals surface area contributed by atoms with Crippen molar-refractivity contribution in [2.24, 2.45) is 0 Å². The van der Waals surface area contributed by atoms with Crippen LogP contribution in [0.1, 0.15) is 12.0 Å². The van der Waals surface area contributed by atoms with Gasteiger partial charge >= 0.3 is 0 Å². The van der Waals surface area contributed by atoms with Crippen molar-refractivity contribution in [3.8, 4) is 0 Å². The summed E-state index contributed by atoms with van der Waals surface area (Å²) in [5.74, 6) is -0.649. The molecule has 1 aromatic rings. The summed E-state index contributed by atoms with van der Waals surface area (Å²) < 4.78 is 36.9. The van der Waals surface area contributed by atoms with Crippen LogP contribution >= 0.6 is 27.5 Å². The highest BCUT2D eigenvalue weighted by atomic mass is 79.9. The first-order chi connectivity index (χ1) is 5.52. The first-order valence-electron chi connectivity index (χ1n) is 2.95. The van der Waals surface area contributed by atoms with E-state index in [1.807, 2.05) is 0 Å². The fourth-order valence-electron chi connectivity index (χ4n) is 0.705. The van der Waals surface area contributed by atoms with Crippen molar-refractivity contribution in [2.75, 3.05) is 0 Å². The molecule has 0 radical (unpaired) electrons. The molecule has 0 fully saturated rings. The molecule has 0 N–H and O–H groups in total. The normalized spacial score (nSPS) is 10.8. The predicted molar refractivity (Wildman–Crippen MR) is 44.1 cm³/mol. The van der Waals surface area contributed by atoms with Crippen LogP contribution in [-0.4, -0.2) is 0 Å². The molecule has 66 valence electrons. The number of halogens is 5. The number of hydrogen-bond acceptors (Lipinski definition) is 0. The van der Waals surface area contributed by atoms with E-state index in [9.17, 15) is 13.2 Å². The zero-order valence-corrected chi connectivity index (χ0v) is 7.96. The lowest BCUT2D eigenvalue weighted by molar-refractivity contribution is 0.151. The minimum Gasteiger partial charge on any atom is -0.206 e. The molecule has 0 aromatic heterocycles. The summed E-state index contributed by atoms with van der Waals surface area (Å²) in [6.45, 7) is 0. The molecule has 1 rings (SSSR count). The Morgan fingerprint density at radius 2 is 1.92 bits per heavy atom. The van der Waals surface area contributed by atoms with Crippen molar-refractivity contribution in [3.63, 3.8) is 0 Å². The van der Waals surface area contributed by atoms with E-state index in [1.54, 1.807) is 0 Å². The summed E-state index contributed by atoms with van der Waals surface area (Å²) in [5, 5.41) is -0.259. The minimum absolute atomic E-state index is 0.0119. The summed E-state index contributed by atoms with van der Waals surface area (Å²) in [6, 6.07) is 1.83. The van der Waals surface area contributed by atoms with Crippen molar-refractivity contribution >= 4 is 27.5 Å². The van der Waals surface area contributed by atoms with Crippen LogP contribution in [0.15, 0.2) is 16.6 Å². The molecule has 5 heteroatoms. The molecular formula is C7H3BrClF3. The maximum atomic E-state index is 12.6. The molecule has 0 heterocycles. The van der Waals surface area contributed by atoms with Crippen LogP contribution in [0.3, 0.4) is 0 Å². The molecule has 12 heavy (non-hydrogen) atoms. The van der Waals surface area contributed by atoms with Crippen molar-refractivity contribution < 1.29 is 13.2 Å². The largest absolute Gasteiger partial charge is 0.265 e. The van der Waals surface area contributed by atoms with Gasteiger partial charge in [0.2, 0.25) is 0 Å². The molecule has 0 bridgehead atoms. The molecule has 0 unspecified atom stereocenters. The molecule has 0 spiro atoms. The average Bonchev–Trinajstić information content (AvgIpc) is 1.96. The molecule has 0 atom stereocenters. The monoisotopic (exact) mass is 258 g/mol. The van der Waals surface area contributed by atoms with Crippen molar-refractivity contribution in [3.05, 3.63) is 33.0 Å². The molecule has 0 amide bonds. The number of hydrogen-bond donors (Lipinski definition) is 0. The molecule has 0 aliphatic heterocycles. The molecule has 1 aromatic carbocycles. The van der Waals surface area contributed by atoms with E-state index in [0.29, 0.717) is 0 Å². The van der Waals surface area contributed by atoms with Crippen molar-refractivity contribution in [1.82, 2.24) is 0 Å². The minimum atomic E-state index is -2.69. The van der Waals surface area contributed by atoms with Gasteiger partial charge in [-0.3, -0.25) is 0 Å². The topological polar surface area (TPSA) is 0 Å². The lowest BCUT2D eigenvalue weighted by atomic mass is 10.2. The Morgan fingerprint density at radius 3 is 2.42 bits per heavy atom. The smallest absolute Gasteiger partial charge is 0.206 e. The van der Waals surface area contributed by atoms with Crippen LogP contribution in [0.25, 0.3) is 0 Å². The second kappa shape index (κ2) is 3.66. The fourth-order valence-corrected chi connectivity index (χ4v) is 1.30. The first kappa shape index (κ1) is 9.86. The molecule has 0 nitrogen and oxygen atoms in total. The fraction of sp³-hybridized carbons (Fsp3) is 0.143. The van der Waals surface area contributed by atoms with E-state index in [2.05, 4.69) is 15.9 Å². The zero-order valence-electron chi connectivity index (χ0n) is 5.62. The summed E-state index contributed by atoms with van der Waals surface area (Å²) in [4.78, 5) is 0. The van der Waals surface area contributed by atoms with Gasteiger partial charge in [0.05, 0.1) is 9.50 Å². The third-order valence-electron chi connectivity index (χ3n) is 1.27. The van der Waals surface area contributed by atoms with Gasteiger partial charge in [-0.05, 0) is 28.1 Å². The average molecular weight is 259 g/mol. The number of alkyl halides is 2. The van der Waals surface area contributed by atoms with Gasteiger partial charge in [0.1, 0.15) is 5.82 Å². The maximum absolute atomic E-state index is 12.6. The van der Waals surface area contributed by atoms with Gasteiger partial charge in [-0.25, -0.2) is 13.2 Å². The highest BCUT2D eigenvalue weighted by Gasteiger charge is 2.14. The molecule has 0 aliphatic carbocycles. The van der Waals surface area contributed by atoms with Crippen molar-refractivity contribution in [1.29, 1.82) is 0 Å². The molecule has 0 saturated carbocycles. The lowest BCUT2D eigenvalue weighted by Crippen LogP contribution is -1.88. The van der Waals surface area contributed by atoms with Gasteiger partial charge in [-0.15, -0.1) is 0 Å². The van der Waals surface area contributed by atoms with Crippen LogP contribution < -0.4 is 0 Å². The number of benzene rings is 1. The summed E-state index contributed by atoms with van der Waals surface area (Å²) >= 11 is 8.14. The molecular weight excluding hydrogens is 256 g/mol. The van der Waals surface area contributed by atoms with E-state index in [1.165, 1.54) is 0 Å². The van der Waals surface area contributed by atoms with Crippen LogP contribution in [-0.2, 0) is 0 Å². The lowest BCUT2D eigenvalue weighted by Gasteiger charge is -2.03. The van der Waals surface area contributed by atoms with Crippen LogP contribution in [0, 0.1) is 5.82 Å². The van der Waals surface area contributed by atoms with E-state index >= 15 is 0 Å². The van der Waals surface area contributed by atoms with Gasteiger partial charge in [0, 0.05) is 5.56 Å². The predicted octanol–water partition coefficient (Wildman–Crippen LogP) is 4.18. The summed E-state index contributed by atoms with van der Waals surface area (Å²) in [7, 11) is 0. The highest BCUT2D eigenvalue weighted by molar-refractivity contribution is 9.10. The Kier molecular flexibility index (Phi) is 3.01.